The number of amides is 2. The maximum absolute atomic E-state index is 14.4. The van der Waals surface area contributed by atoms with Gasteiger partial charge in [-0.05, 0) is 30.0 Å². The van der Waals surface area contributed by atoms with E-state index < -0.39 is 11.9 Å². The molecule has 0 aromatic heterocycles. The molecule has 0 bridgehead atoms. The number of carbonyl (C=O) groups is 2. The molecule has 2 heterocycles. The van der Waals surface area contributed by atoms with Crippen molar-refractivity contribution >= 4 is 17.7 Å². The van der Waals surface area contributed by atoms with Gasteiger partial charge in [0.25, 0.3) is 0 Å². The van der Waals surface area contributed by atoms with Crippen molar-refractivity contribution in [3.8, 4) is 0 Å². The third-order valence-corrected chi connectivity index (χ3v) is 4.12. The number of ether oxygens (including phenoxy) is 1. The van der Waals surface area contributed by atoms with Crippen molar-refractivity contribution in [2.75, 3.05) is 24.5 Å². The van der Waals surface area contributed by atoms with Gasteiger partial charge in [0.2, 0.25) is 5.91 Å². The number of hydrogen-bond acceptors (Lipinski definition) is 4. The van der Waals surface area contributed by atoms with Crippen molar-refractivity contribution in [3.05, 3.63) is 29.6 Å². The summed E-state index contributed by atoms with van der Waals surface area (Å²) >= 11 is 0. The van der Waals surface area contributed by atoms with E-state index in [9.17, 15) is 14.0 Å². The van der Waals surface area contributed by atoms with Crippen LogP contribution < -0.4 is 16.0 Å². The molecule has 22 heavy (non-hydrogen) atoms. The molecule has 0 spiro atoms. The molecule has 2 aliphatic heterocycles. The molecule has 1 aromatic carbocycles. The van der Waals surface area contributed by atoms with Crippen LogP contribution in [-0.2, 0) is 9.53 Å². The second kappa shape index (κ2) is 5.92. The Morgan fingerprint density at radius 2 is 2.23 bits per heavy atom. The molecule has 1 unspecified atom stereocenters. The highest BCUT2D eigenvalue weighted by Gasteiger charge is 2.32. The minimum atomic E-state index is -0.514. The Kier molecular flexibility index (Phi) is 3.98. The summed E-state index contributed by atoms with van der Waals surface area (Å²) in [6.45, 7) is 1.11. The molecule has 2 amide bonds. The second-order valence-corrected chi connectivity index (χ2v) is 5.60. The first-order chi connectivity index (χ1) is 10.6. The third-order valence-electron chi connectivity index (χ3n) is 4.12. The Labute approximate surface area is 127 Å². The molecular formula is C15H18FN3O3. The molecule has 2 aliphatic rings. The Balaban J connectivity index is 1.80. The third kappa shape index (κ3) is 2.76. The van der Waals surface area contributed by atoms with E-state index in [0.29, 0.717) is 30.8 Å². The van der Waals surface area contributed by atoms with E-state index in [1.165, 1.54) is 11.0 Å². The molecule has 1 aromatic rings. The second-order valence-electron chi connectivity index (χ2n) is 5.60. The molecule has 118 valence electrons. The van der Waals surface area contributed by atoms with E-state index in [-0.39, 0.29) is 30.9 Å². The lowest BCUT2D eigenvalue weighted by Gasteiger charge is -2.23. The number of halogens is 1. The van der Waals surface area contributed by atoms with Crippen molar-refractivity contribution in [1.82, 2.24) is 5.32 Å². The lowest BCUT2D eigenvalue weighted by molar-refractivity contribution is -0.122. The number of nitrogens with two attached hydrogens (primary N) is 1. The van der Waals surface area contributed by atoms with Crippen LogP contribution in [0.4, 0.5) is 14.9 Å². The zero-order chi connectivity index (χ0) is 15.7. The standard InChI is InChI=1S/C15H18FN3O3/c16-13-6-10(19-8-11(7-17)22-15(19)21)1-2-12(13)9-3-4-18-14(20)5-9/h1-2,6,9,11H,3-5,7-8,17H2,(H,18,20)/t9?,11-/m0/s1. The number of nitrogens with zero attached hydrogens (tertiary/aromatic N) is 1. The number of nitrogens with one attached hydrogen (secondary N) is 1. The van der Waals surface area contributed by atoms with E-state index in [1.807, 2.05) is 0 Å². The average molecular weight is 307 g/mol. The minimum Gasteiger partial charge on any atom is -0.443 e. The van der Waals surface area contributed by atoms with Crippen LogP contribution in [0, 0.1) is 5.82 Å². The summed E-state index contributed by atoms with van der Waals surface area (Å²) in [5.41, 5.74) is 6.45. The Morgan fingerprint density at radius 3 is 2.86 bits per heavy atom. The topological polar surface area (TPSA) is 84.7 Å². The van der Waals surface area contributed by atoms with Crippen LogP contribution >= 0.6 is 0 Å². The molecular weight excluding hydrogens is 289 g/mol. The van der Waals surface area contributed by atoms with Crippen molar-refractivity contribution < 1.29 is 18.7 Å². The SMILES string of the molecule is NC[C@H]1CN(c2ccc(C3CCNC(=O)C3)c(F)c2)C(=O)O1. The summed E-state index contributed by atoms with van der Waals surface area (Å²) in [6, 6.07) is 4.66. The van der Waals surface area contributed by atoms with Crippen molar-refractivity contribution in [2.24, 2.45) is 5.73 Å². The summed E-state index contributed by atoms with van der Waals surface area (Å²) in [5.74, 6) is -0.583. The van der Waals surface area contributed by atoms with E-state index in [4.69, 9.17) is 10.5 Å². The van der Waals surface area contributed by atoms with E-state index in [0.717, 1.165) is 0 Å². The zero-order valence-electron chi connectivity index (χ0n) is 12.0. The molecule has 2 saturated heterocycles. The first-order valence-corrected chi connectivity index (χ1v) is 7.33. The number of anilines is 1. The van der Waals surface area contributed by atoms with Crippen molar-refractivity contribution in [3.63, 3.8) is 0 Å². The van der Waals surface area contributed by atoms with Crippen LogP contribution in [0.25, 0.3) is 0 Å². The van der Waals surface area contributed by atoms with E-state index in [1.54, 1.807) is 12.1 Å². The summed E-state index contributed by atoms with van der Waals surface area (Å²) in [4.78, 5) is 24.6. The molecule has 3 rings (SSSR count). The quantitative estimate of drug-likeness (QED) is 0.876. The molecule has 6 nitrogen and oxygen atoms in total. The fourth-order valence-electron chi connectivity index (χ4n) is 2.92. The maximum Gasteiger partial charge on any atom is 0.414 e. The average Bonchev–Trinajstić information content (AvgIpc) is 2.88. The van der Waals surface area contributed by atoms with Gasteiger partial charge in [0.05, 0.1) is 12.2 Å². The molecule has 0 aliphatic carbocycles. The van der Waals surface area contributed by atoms with Crippen LogP contribution in [0.15, 0.2) is 18.2 Å². The van der Waals surface area contributed by atoms with Gasteiger partial charge < -0.3 is 15.8 Å². The van der Waals surface area contributed by atoms with Gasteiger partial charge in [-0.15, -0.1) is 0 Å². The molecule has 2 fully saturated rings. The highest BCUT2D eigenvalue weighted by Crippen LogP contribution is 2.31. The van der Waals surface area contributed by atoms with E-state index in [2.05, 4.69) is 5.32 Å². The molecule has 7 heteroatoms. The molecule has 0 radical (unpaired) electrons. The fraction of sp³-hybridized carbons (Fsp3) is 0.467. The fourth-order valence-corrected chi connectivity index (χ4v) is 2.92. The summed E-state index contributed by atoms with van der Waals surface area (Å²) in [7, 11) is 0. The first-order valence-electron chi connectivity index (χ1n) is 7.33. The van der Waals surface area contributed by atoms with Gasteiger partial charge in [-0.1, -0.05) is 6.07 Å². The van der Waals surface area contributed by atoms with Gasteiger partial charge in [0, 0.05) is 19.5 Å². The van der Waals surface area contributed by atoms with Crippen molar-refractivity contribution in [2.45, 2.75) is 24.9 Å². The normalized spacial score (nSPS) is 25.1. The van der Waals surface area contributed by atoms with Gasteiger partial charge in [-0.25, -0.2) is 9.18 Å². The van der Waals surface area contributed by atoms with Gasteiger partial charge in [0.15, 0.2) is 0 Å². The van der Waals surface area contributed by atoms with Crippen LogP contribution in [0.1, 0.15) is 24.3 Å². The lowest BCUT2D eigenvalue weighted by atomic mass is 9.89. The summed E-state index contributed by atoms with van der Waals surface area (Å²) in [5, 5.41) is 2.73. The van der Waals surface area contributed by atoms with Gasteiger partial charge in [-0.2, -0.15) is 0 Å². The number of cyclic esters (lactones) is 1. The van der Waals surface area contributed by atoms with Crippen LogP contribution in [0.2, 0.25) is 0 Å². The minimum absolute atomic E-state index is 0.0614. The number of rotatable bonds is 3. The number of hydrogen-bond donors (Lipinski definition) is 2. The predicted molar refractivity (Wildman–Crippen MR) is 78.1 cm³/mol. The number of benzene rings is 1. The first kappa shape index (κ1) is 14.8. The van der Waals surface area contributed by atoms with Gasteiger partial charge >= 0.3 is 6.09 Å². The summed E-state index contributed by atoms with van der Waals surface area (Å²) in [6.07, 6.45) is 0.122. The number of piperidine rings is 1. The zero-order valence-corrected chi connectivity index (χ0v) is 12.0. The van der Waals surface area contributed by atoms with Gasteiger partial charge in [-0.3, -0.25) is 9.69 Å². The molecule has 2 atom stereocenters. The van der Waals surface area contributed by atoms with Crippen LogP contribution in [0.3, 0.4) is 0 Å². The Bertz CT molecular complexity index is 608. The van der Waals surface area contributed by atoms with Crippen LogP contribution in [0.5, 0.6) is 0 Å². The number of carbonyl (C=O) groups excluding carboxylic acids is 2. The smallest absolute Gasteiger partial charge is 0.414 e. The predicted octanol–water partition coefficient (Wildman–Crippen LogP) is 1.10. The maximum atomic E-state index is 14.4. The lowest BCUT2D eigenvalue weighted by Crippen LogP contribution is -2.33. The Morgan fingerprint density at radius 1 is 1.41 bits per heavy atom. The largest absolute Gasteiger partial charge is 0.443 e. The molecule has 0 saturated carbocycles. The summed E-state index contributed by atoms with van der Waals surface area (Å²) < 4.78 is 19.5. The van der Waals surface area contributed by atoms with Gasteiger partial charge in [0.1, 0.15) is 11.9 Å². The highest BCUT2D eigenvalue weighted by atomic mass is 19.1. The van der Waals surface area contributed by atoms with E-state index >= 15 is 0 Å². The monoisotopic (exact) mass is 307 g/mol. The molecule has 3 N–H and O–H groups in total. The Hall–Kier alpha value is -2.15. The highest BCUT2D eigenvalue weighted by molar-refractivity contribution is 5.89. The van der Waals surface area contributed by atoms with Crippen molar-refractivity contribution in [1.29, 1.82) is 0 Å². The van der Waals surface area contributed by atoms with Crippen LogP contribution in [-0.4, -0.2) is 37.7 Å².